The molecule has 0 spiro atoms. The van der Waals surface area contributed by atoms with Gasteiger partial charge in [0.1, 0.15) is 0 Å². The highest BCUT2D eigenvalue weighted by atomic mass is 79.9. The molecule has 0 aliphatic carbocycles. The molecule has 1 atom stereocenters. The number of hydrogen-bond acceptors (Lipinski definition) is 2. The summed E-state index contributed by atoms with van der Waals surface area (Å²) >= 11 is 13.7. The second kappa shape index (κ2) is 4.97. The van der Waals surface area contributed by atoms with Gasteiger partial charge in [0.25, 0.3) is 0 Å². The fourth-order valence-corrected chi connectivity index (χ4v) is 4.95. The first-order valence-electron chi connectivity index (χ1n) is 5.53. The van der Waals surface area contributed by atoms with Crippen molar-refractivity contribution in [1.29, 1.82) is 0 Å². The summed E-state index contributed by atoms with van der Waals surface area (Å²) in [6, 6.07) is 10.5. The minimum absolute atomic E-state index is 0.0591. The first-order valence-corrected chi connectivity index (χ1v) is 8.45. The van der Waals surface area contributed by atoms with Gasteiger partial charge in [0.2, 0.25) is 0 Å². The minimum Gasteiger partial charge on any atom is -0.143 e. The first kappa shape index (κ1) is 12.7. The lowest BCUT2D eigenvalue weighted by Crippen LogP contribution is -1.87. The number of alkyl halides is 1. The fourth-order valence-electron chi connectivity index (χ4n) is 1.95. The zero-order valence-corrected chi connectivity index (χ0v) is 13.6. The Labute approximate surface area is 127 Å². The Kier molecular flexibility index (Phi) is 3.50. The van der Waals surface area contributed by atoms with E-state index in [4.69, 9.17) is 11.6 Å². The fraction of sp³-hybridized carbons (Fsp3) is 0.143. The molecule has 0 aliphatic rings. The van der Waals surface area contributed by atoms with Crippen LogP contribution in [0.25, 0.3) is 10.1 Å². The smallest absolute Gasteiger partial charge is 0.0942 e. The van der Waals surface area contributed by atoms with Crippen LogP contribution in [0, 0.1) is 6.92 Å². The molecule has 0 saturated heterocycles. The van der Waals surface area contributed by atoms with Gasteiger partial charge >= 0.3 is 0 Å². The zero-order valence-electron chi connectivity index (χ0n) is 9.61. The Morgan fingerprint density at radius 3 is 2.78 bits per heavy atom. The molecule has 1 unspecified atom stereocenters. The third-order valence-electron chi connectivity index (χ3n) is 2.91. The van der Waals surface area contributed by atoms with E-state index in [0.29, 0.717) is 0 Å². The number of hydrogen-bond donors (Lipinski definition) is 0. The van der Waals surface area contributed by atoms with Crippen LogP contribution in [-0.4, -0.2) is 0 Å². The Balaban J connectivity index is 2.09. The summed E-state index contributed by atoms with van der Waals surface area (Å²) in [5, 5.41) is 3.38. The van der Waals surface area contributed by atoms with Gasteiger partial charge in [-0.3, -0.25) is 0 Å². The number of fused-ring (bicyclic) bond motifs is 1. The summed E-state index contributed by atoms with van der Waals surface area (Å²) in [6.45, 7) is 2.10. The van der Waals surface area contributed by atoms with Crippen LogP contribution in [-0.2, 0) is 0 Å². The summed E-state index contributed by atoms with van der Waals surface area (Å²) in [7, 11) is 0. The van der Waals surface area contributed by atoms with Gasteiger partial charge < -0.3 is 0 Å². The Morgan fingerprint density at radius 2 is 2.06 bits per heavy atom. The van der Waals surface area contributed by atoms with Crippen molar-refractivity contribution < 1.29 is 0 Å². The summed E-state index contributed by atoms with van der Waals surface area (Å²) in [5.74, 6) is 0. The maximum atomic E-state index is 6.63. The van der Waals surface area contributed by atoms with Crippen molar-refractivity contribution in [2.45, 2.75) is 12.3 Å². The average molecular weight is 358 g/mol. The van der Waals surface area contributed by atoms with Crippen molar-refractivity contribution in [3.05, 3.63) is 55.5 Å². The number of halogens is 2. The lowest BCUT2D eigenvalue weighted by Gasteiger charge is -2.05. The molecule has 0 nitrogen and oxygen atoms in total. The van der Waals surface area contributed by atoms with Crippen LogP contribution in [0.3, 0.4) is 0 Å². The molecule has 2 aromatic heterocycles. The SMILES string of the molecule is Cc1sc(C(Cl)c2csc3ccccc23)cc1Br. The Hall–Kier alpha value is -0.350. The van der Waals surface area contributed by atoms with Crippen LogP contribution in [0.15, 0.2) is 40.2 Å². The molecule has 3 rings (SSSR count). The summed E-state index contributed by atoms with van der Waals surface area (Å²) in [4.78, 5) is 2.47. The molecule has 1 aromatic carbocycles. The van der Waals surface area contributed by atoms with Gasteiger partial charge in [-0.15, -0.1) is 34.3 Å². The van der Waals surface area contributed by atoms with Crippen LogP contribution in [0.2, 0.25) is 0 Å². The Bertz CT molecular complexity index is 679. The van der Waals surface area contributed by atoms with Gasteiger partial charge in [0.05, 0.1) is 5.38 Å². The molecule has 0 bridgehead atoms. The number of thiophene rings is 2. The summed E-state index contributed by atoms with van der Waals surface area (Å²) in [5.41, 5.74) is 1.21. The third-order valence-corrected chi connectivity index (χ3v) is 6.69. The standard InChI is InChI=1S/C14H10BrClS2/c1-8-11(15)6-13(18-8)14(16)10-7-17-12-5-3-2-4-9(10)12/h2-7,14H,1H3. The summed E-state index contributed by atoms with van der Waals surface area (Å²) in [6.07, 6.45) is 0. The molecule has 0 N–H and O–H groups in total. The largest absolute Gasteiger partial charge is 0.143 e. The van der Waals surface area contributed by atoms with Gasteiger partial charge in [-0.05, 0) is 51.3 Å². The molecule has 0 amide bonds. The van der Waals surface area contributed by atoms with Crippen molar-refractivity contribution in [1.82, 2.24) is 0 Å². The quantitative estimate of drug-likeness (QED) is 0.468. The Morgan fingerprint density at radius 1 is 1.28 bits per heavy atom. The molecule has 2 heterocycles. The van der Waals surface area contributed by atoms with Crippen LogP contribution in [0.1, 0.15) is 20.7 Å². The number of aryl methyl sites for hydroxylation is 1. The second-order valence-electron chi connectivity index (χ2n) is 4.10. The molecule has 3 aromatic rings. The highest BCUT2D eigenvalue weighted by molar-refractivity contribution is 9.10. The van der Waals surface area contributed by atoms with Gasteiger partial charge in [-0.1, -0.05) is 18.2 Å². The predicted molar refractivity (Wildman–Crippen MR) is 86.3 cm³/mol. The van der Waals surface area contributed by atoms with E-state index in [9.17, 15) is 0 Å². The monoisotopic (exact) mass is 356 g/mol. The van der Waals surface area contributed by atoms with E-state index in [1.165, 1.54) is 25.4 Å². The van der Waals surface area contributed by atoms with Crippen LogP contribution < -0.4 is 0 Å². The molecule has 0 aliphatic heterocycles. The van der Waals surface area contributed by atoms with Gasteiger partial charge in [-0.2, -0.15) is 0 Å². The lowest BCUT2D eigenvalue weighted by atomic mass is 10.1. The van der Waals surface area contributed by atoms with E-state index < -0.39 is 0 Å². The van der Waals surface area contributed by atoms with E-state index in [1.807, 2.05) is 0 Å². The highest BCUT2D eigenvalue weighted by Gasteiger charge is 2.18. The lowest BCUT2D eigenvalue weighted by molar-refractivity contribution is 1.22. The molecule has 18 heavy (non-hydrogen) atoms. The molecule has 4 heteroatoms. The predicted octanol–water partition coefficient (Wildman–Crippen LogP) is 6.36. The van der Waals surface area contributed by atoms with Crippen molar-refractivity contribution in [3.8, 4) is 0 Å². The maximum Gasteiger partial charge on any atom is 0.0942 e. The van der Waals surface area contributed by atoms with Crippen LogP contribution in [0.5, 0.6) is 0 Å². The van der Waals surface area contributed by atoms with Crippen molar-refractivity contribution in [2.75, 3.05) is 0 Å². The van der Waals surface area contributed by atoms with Gasteiger partial charge in [-0.25, -0.2) is 0 Å². The minimum atomic E-state index is -0.0591. The molecular weight excluding hydrogens is 348 g/mol. The maximum absolute atomic E-state index is 6.63. The van der Waals surface area contributed by atoms with Crippen molar-refractivity contribution in [2.24, 2.45) is 0 Å². The van der Waals surface area contributed by atoms with E-state index in [1.54, 1.807) is 22.7 Å². The third kappa shape index (κ3) is 2.14. The zero-order chi connectivity index (χ0) is 12.7. The molecule has 0 saturated carbocycles. The topological polar surface area (TPSA) is 0 Å². The van der Waals surface area contributed by atoms with Gasteiger partial charge in [0, 0.05) is 18.9 Å². The van der Waals surface area contributed by atoms with E-state index in [-0.39, 0.29) is 5.38 Å². The molecular formula is C14H10BrClS2. The molecule has 92 valence electrons. The molecule has 0 fully saturated rings. The van der Waals surface area contributed by atoms with Gasteiger partial charge in [0.15, 0.2) is 0 Å². The van der Waals surface area contributed by atoms with E-state index in [2.05, 4.69) is 58.6 Å². The normalized spacial score (nSPS) is 13.1. The summed E-state index contributed by atoms with van der Waals surface area (Å²) < 4.78 is 2.44. The van der Waals surface area contributed by atoms with Crippen LogP contribution >= 0.6 is 50.2 Å². The first-order chi connectivity index (χ1) is 8.66. The van der Waals surface area contributed by atoms with E-state index >= 15 is 0 Å². The van der Waals surface area contributed by atoms with E-state index in [0.717, 1.165) is 4.47 Å². The second-order valence-corrected chi connectivity index (χ2v) is 7.59. The highest BCUT2D eigenvalue weighted by Crippen LogP contribution is 2.41. The average Bonchev–Trinajstić information content (AvgIpc) is 2.93. The molecule has 0 radical (unpaired) electrons. The number of rotatable bonds is 2. The number of benzene rings is 1. The van der Waals surface area contributed by atoms with Crippen LogP contribution in [0.4, 0.5) is 0 Å². The van der Waals surface area contributed by atoms with Crippen molar-refractivity contribution >= 4 is 60.3 Å². The van der Waals surface area contributed by atoms with Crippen molar-refractivity contribution in [3.63, 3.8) is 0 Å².